The summed E-state index contributed by atoms with van der Waals surface area (Å²) in [5, 5.41) is 3.20. The molecule has 1 saturated heterocycles. The van der Waals surface area contributed by atoms with Crippen LogP contribution >= 0.6 is 23.2 Å². The molecule has 0 aromatic heterocycles. The number of hydrogen-bond donors (Lipinski definition) is 2. The Kier molecular flexibility index (Phi) is 5.93. The zero-order valence-electron chi connectivity index (χ0n) is 18.0. The van der Waals surface area contributed by atoms with Gasteiger partial charge < -0.3 is 15.8 Å². The Hall–Kier alpha value is -1.39. The van der Waals surface area contributed by atoms with Crippen LogP contribution in [0.2, 0.25) is 10.0 Å². The van der Waals surface area contributed by atoms with Crippen molar-refractivity contribution in [2.24, 2.45) is 28.9 Å². The van der Waals surface area contributed by atoms with Crippen LogP contribution in [0.15, 0.2) is 23.1 Å². The predicted octanol–water partition coefficient (Wildman–Crippen LogP) is 2.18. The van der Waals surface area contributed by atoms with E-state index in [0.717, 1.165) is 19.3 Å². The Morgan fingerprint density at radius 1 is 1.12 bits per heavy atom. The van der Waals surface area contributed by atoms with Crippen LogP contribution in [-0.2, 0) is 24.3 Å². The van der Waals surface area contributed by atoms with Gasteiger partial charge in [0.25, 0.3) is 5.91 Å². The molecule has 1 aromatic carbocycles. The van der Waals surface area contributed by atoms with Crippen LogP contribution in [0.3, 0.4) is 0 Å². The third-order valence-electron chi connectivity index (χ3n) is 7.94. The molecule has 33 heavy (non-hydrogen) atoms. The van der Waals surface area contributed by atoms with E-state index in [1.165, 1.54) is 16.4 Å². The molecule has 4 saturated carbocycles. The van der Waals surface area contributed by atoms with Gasteiger partial charge in [-0.3, -0.25) is 9.59 Å². The topological polar surface area (TPSA) is 119 Å². The number of hydrogen-bond acceptors (Lipinski definition) is 5. The van der Waals surface area contributed by atoms with Crippen LogP contribution in [0.5, 0.6) is 0 Å². The van der Waals surface area contributed by atoms with E-state index in [1.807, 2.05) is 0 Å². The van der Waals surface area contributed by atoms with Crippen molar-refractivity contribution in [3.05, 3.63) is 28.2 Å². The van der Waals surface area contributed by atoms with Gasteiger partial charge >= 0.3 is 0 Å². The zero-order valence-corrected chi connectivity index (χ0v) is 20.3. The van der Waals surface area contributed by atoms with Crippen LogP contribution in [-0.4, -0.2) is 56.4 Å². The van der Waals surface area contributed by atoms with E-state index in [-0.39, 0.29) is 64.3 Å². The number of sulfonamides is 1. The van der Waals surface area contributed by atoms with Crippen molar-refractivity contribution in [2.75, 3.05) is 19.7 Å². The summed E-state index contributed by atoms with van der Waals surface area (Å²) in [6, 6.07) is 4.47. The molecule has 0 spiro atoms. The lowest BCUT2D eigenvalue weighted by Crippen LogP contribution is -2.63. The zero-order chi connectivity index (χ0) is 23.5. The maximum absolute atomic E-state index is 13.2. The van der Waals surface area contributed by atoms with Crippen molar-refractivity contribution < 1.29 is 22.7 Å². The monoisotopic (exact) mass is 515 g/mol. The van der Waals surface area contributed by atoms with Crippen molar-refractivity contribution in [2.45, 2.75) is 49.1 Å². The highest BCUT2D eigenvalue weighted by molar-refractivity contribution is 7.89. The molecule has 5 fully saturated rings. The van der Waals surface area contributed by atoms with Gasteiger partial charge in [0.15, 0.2) is 0 Å². The van der Waals surface area contributed by atoms with E-state index in [4.69, 9.17) is 33.7 Å². The van der Waals surface area contributed by atoms with Gasteiger partial charge in [-0.1, -0.05) is 29.3 Å². The van der Waals surface area contributed by atoms with Crippen LogP contribution in [0.1, 0.15) is 32.1 Å². The Morgan fingerprint density at radius 3 is 2.36 bits per heavy atom. The first kappa shape index (κ1) is 23.4. The summed E-state index contributed by atoms with van der Waals surface area (Å²) in [6.07, 6.45) is 3.30. The number of nitrogens with two attached hydrogens (primary N) is 1. The quantitative estimate of drug-likeness (QED) is 0.622. The first-order valence-electron chi connectivity index (χ1n) is 11.3. The molecule has 0 radical (unpaired) electrons. The second-order valence-electron chi connectivity index (χ2n) is 9.92. The first-order chi connectivity index (χ1) is 15.6. The van der Waals surface area contributed by atoms with Crippen LogP contribution < -0.4 is 11.1 Å². The normalized spacial score (nSPS) is 36.0. The van der Waals surface area contributed by atoms with E-state index in [1.54, 1.807) is 6.07 Å². The van der Waals surface area contributed by atoms with Crippen LogP contribution in [0, 0.1) is 23.2 Å². The van der Waals surface area contributed by atoms with Gasteiger partial charge in [0.05, 0.1) is 16.7 Å². The largest absolute Gasteiger partial charge is 0.369 e. The summed E-state index contributed by atoms with van der Waals surface area (Å²) in [6.45, 7) is 0.0700. The molecule has 4 aliphatic carbocycles. The van der Waals surface area contributed by atoms with Crippen LogP contribution in [0.25, 0.3) is 0 Å². The highest BCUT2D eigenvalue weighted by Crippen LogP contribution is 2.59. The first-order valence-corrected chi connectivity index (χ1v) is 13.5. The molecule has 3 N–H and O–H groups in total. The highest BCUT2D eigenvalue weighted by Gasteiger charge is 2.58. The van der Waals surface area contributed by atoms with Gasteiger partial charge in [-0.05, 0) is 62.0 Å². The second-order valence-corrected chi connectivity index (χ2v) is 12.6. The number of nitrogens with one attached hydrogen (secondary N) is 1. The summed E-state index contributed by atoms with van der Waals surface area (Å²) in [5.74, 6) is 0.346. The number of morpholine rings is 1. The smallest absolute Gasteiger partial charge is 0.250 e. The van der Waals surface area contributed by atoms with Crippen molar-refractivity contribution in [1.29, 1.82) is 0 Å². The summed E-state index contributed by atoms with van der Waals surface area (Å²) >= 11 is 12.3. The van der Waals surface area contributed by atoms with E-state index >= 15 is 0 Å². The van der Waals surface area contributed by atoms with Crippen molar-refractivity contribution >= 4 is 45.0 Å². The number of nitrogens with zero attached hydrogens (tertiary/aromatic N) is 1. The van der Waals surface area contributed by atoms with Crippen LogP contribution in [0.4, 0.5) is 0 Å². The molecular formula is C22H27Cl2N3O5S. The number of carbonyl (C=O) groups is 2. The molecule has 1 heterocycles. The number of rotatable bonds is 5. The average molecular weight is 516 g/mol. The molecule has 4 bridgehead atoms. The fourth-order valence-corrected chi connectivity index (χ4v) is 9.20. The number of carbonyl (C=O) groups excluding carboxylic acids is 2. The van der Waals surface area contributed by atoms with Crippen molar-refractivity contribution in [3.63, 3.8) is 0 Å². The summed E-state index contributed by atoms with van der Waals surface area (Å²) in [4.78, 5) is 25.1. The average Bonchev–Trinajstić information content (AvgIpc) is 2.75. The molecule has 3 unspecified atom stereocenters. The third-order valence-corrected chi connectivity index (χ3v) is 10.8. The fourth-order valence-electron chi connectivity index (χ4n) is 6.68. The maximum Gasteiger partial charge on any atom is 0.250 e. The third kappa shape index (κ3) is 3.95. The molecule has 1 aromatic rings. The van der Waals surface area contributed by atoms with E-state index in [9.17, 15) is 18.0 Å². The Balaban J connectivity index is 1.29. The molecule has 6 rings (SSSR count). The summed E-state index contributed by atoms with van der Waals surface area (Å²) in [7, 11) is -4.00. The molecule has 3 atom stereocenters. The van der Waals surface area contributed by atoms with Crippen molar-refractivity contribution in [3.8, 4) is 0 Å². The lowest BCUT2D eigenvalue weighted by molar-refractivity contribution is -0.150. The Morgan fingerprint density at radius 2 is 1.76 bits per heavy atom. The minimum atomic E-state index is -4.00. The van der Waals surface area contributed by atoms with Gasteiger partial charge in [-0.25, -0.2) is 8.42 Å². The van der Waals surface area contributed by atoms with Gasteiger partial charge in [0, 0.05) is 24.5 Å². The van der Waals surface area contributed by atoms with Gasteiger partial charge in [-0.2, -0.15) is 4.31 Å². The predicted molar refractivity (Wildman–Crippen MR) is 122 cm³/mol. The van der Waals surface area contributed by atoms with E-state index in [2.05, 4.69) is 5.32 Å². The summed E-state index contributed by atoms with van der Waals surface area (Å²) < 4.78 is 33.3. The minimum absolute atomic E-state index is 0.0342. The SMILES string of the molecule is NC(=O)C12CC3CC(C1)C(NC(=O)C1CN(S(=O)(=O)c4c(Cl)cccc4Cl)CCO1)C(C3)C2. The lowest BCUT2D eigenvalue weighted by atomic mass is 9.47. The highest BCUT2D eigenvalue weighted by atomic mass is 35.5. The molecular weight excluding hydrogens is 489 g/mol. The number of ether oxygens (including phenoxy) is 1. The van der Waals surface area contributed by atoms with Gasteiger partial charge in [0.2, 0.25) is 15.9 Å². The standard InChI is InChI=1S/C22H27Cl2N3O5S/c23-15-2-1-3-16(24)19(15)33(30,31)27-4-5-32-17(11-27)20(28)26-18-13-6-12-7-14(18)10-22(8-12,9-13)21(25)29/h1-3,12-14,17-18H,4-11H2,(H2,25,29)(H,26,28). The Labute approximate surface area is 203 Å². The lowest BCUT2D eigenvalue weighted by Gasteiger charge is -2.59. The van der Waals surface area contributed by atoms with Crippen molar-refractivity contribution in [1.82, 2.24) is 9.62 Å². The minimum Gasteiger partial charge on any atom is -0.369 e. The number of amides is 2. The summed E-state index contributed by atoms with van der Waals surface area (Å²) in [5.41, 5.74) is 5.32. The maximum atomic E-state index is 13.2. The molecule has 1 aliphatic heterocycles. The molecule has 11 heteroatoms. The fraction of sp³-hybridized carbons (Fsp3) is 0.636. The molecule has 8 nitrogen and oxygen atoms in total. The molecule has 2 amide bonds. The van der Waals surface area contributed by atoms with E-state index in [0.29, 0.717) is 18.8 Å². The molecule has 5 aliphatic rings. The number of primary amides is 1. The Bertz CT molecular complexity index is 1060. The number of halogens is 2. The second kappa shape index (κ2) is 8.37. The molecule has 180 valence electrons. The number of benzene rings is 1. The van der Waals surface area contributed by atoms with Gasteiger partial charge in [0.1, 0.15) is 11.0 Å². The van der Waals surface area contributed by atoms with Gasteiger partial charge in [-0.15, -0.1) is 0 Å². The van der Waals surface area contributed by atoms with E-state index < -0.39 is 21.5 Å².